The number of hydrogen-bond donors (Lipinski definition) is 0. The van der Waals surface area contributed by atoms with Gasteiger partial charge in [-0.1, -0.05) is 0 Å². The van der Waals surface area contributed by atoms with E-state index in [1.165, 1.54) is 18.7 Å². The van der Waals surface area contributed by atoms with E-state index >= 15 is 0 Å². The first-order valence-electron chi connectivity index (χ1n) is 13.2. The van der Waals surface area contributed by atoms with E-state index in [9.17, 15) is 14.5 Å². The van der Waals surface area contributed by atoms with Crippen LogP contribution in [-0.2, 0) is 18.4 Å². The van der Waals surface area contributed by atoms with Crippen molar-refractivity contribution in [2.75, 3.05) is 31.2 Å². The summed E-state index contributed by atoms with van der Waals surface area (Å²) in [5.41, 5.74) is 1.04. The molecule has 0 atom stereocenters. The highest BCUT2D eigenvalue weighted by molar-refractivity contribution is 5.87. The number of morpholine rings is 1. The maximum absolute atomic E-state index is 13.4. The summed E-state index contributed by atoms with van der Waals surface area (Å²) in [4.78, 5) is 26.3. The lowest BCUT2D eigenvalue weighted by Gasteiger charge is -2.30. The van der Waals surface area contributed by atoms with Gasteiger partial charge in [0.2, 0.25) is 12.2 Å². The van der Waals surface area contributed by atoms with Crippen LogP contribution < -0.4 is 14.4 Å². The average molecular weight is 553 g/mol. The predicted octanol–water partition coefficient (Wildman–Crippen LogP) is 3.59. The third-order valence-corrected chi connectivity index (χ3v) is 7.39. The Morgan fingerprint density at radius 2 is 1.95 bits per heavy atom. The highest BCUT2D eigenvalue weighted by atomic mass is 19.1. The van der Waals surface area contributed by atoms with Crippen LogP contribution in [0.15, 0.2) is 37.1 Å². The summed E-state index contributed by atoms with van der Waals surface area (Å²) in [5, 5.41) is 16.1. The molecule has 5 heterocycles. The Balaban J connectivity index is 1.25. The van der Waals surface area contributed by atoms with Crippen molar-refractivity contribution in [2.24, 2.45) is 7.05 Å². The number of aryl methyl sites for hydroxylation is 1. The van der Waals surface area contributed by atoms with Gasteiger partial charge in [-0.25, -0.2) is 4.39 Å². The number of ether oxygens (including phenoxy) is 3. The molecule has 0 unspecified atom stereocenters. The first kappa shape index (κ1) is 25.9. The van der Waals surface area contributed by atoms with E-state index in [1.807, 2.05) is 6.07 Å². The SMILES string of the molecule is Cn1cnc([N+](=O)[O-])c1COc1cnc2cc(N3CCOCC3)nc(OC3CCC(n4cc(F)cn4)CC3)c2c1. The van der Waals surface area contributed by atoms with Gasteiger partial charge in [0.05, 0.1) is 48.7 Å². The van der Waals surface area contributed by atoms with Crippen LogP contribution in [0.4, 0.5) is 16.0 Å². The number of pyridine rings is 2. The Labute approximate surface area is 228 Å². The molecule has 4 aromatic heterocycles. The molecule has 1 aliphatic heterocycles. The van der Waals surface area contributed by atoms with Gasteiger partial charge in [-0.3, -0.25) is 9.67 Å². The molecule has 0 aromatic carbocycles. The second-order valence-electron chi connectivity index (χ2n) is 9.98. The van der Waals surface area contributed by atoms with Gasteiger partial charge in [0, 0.05) is 26.2 Å². The zero-order valence-electron chi connectivity index (χ0n) is 22.0. The lowest BCUT2D eigenvalue weighted by Crippen LogP contribution is -2.36. The second kappa shape index (κ2) is 11.0. The topological polar surface area (TPSA) is 135 Å². The summed E-state index contributed by atoms with van der Waals surface area (Å²) in [6.07, 6.45) is 8.72. The fraction of sp³-hybridized carbons (Fsp3) is 0.462. The molecule has 1 aliphatic carbocycles. The van der Waals surface area contributed by atoms with Crippen LogP contribution in [0.5, 0.6) is 11.6 Å². The van der Waals surface area contributed by atoms with E-state index < -0.39 is 4.92 Å². The van der Waals surface area contributed by atoms with Crippen LogP contribution in [0.25, 0.3) is 10.9 Å². The first-order valence-corrected chi connectivity index (χ1v) is 13.2. The molecule has 1 saturated carbocycles. The minimum absolute atomic E-state index is 0.0481. The molecule has 4 aromatic rings. The van der Waals surface area contributed by atoms with Crippen molar-refractivity contribution in [1.82, 2.24) is 29.3 Å². The molecule has 210 valence electrons. The summed E-state index contributed by atoms with van der Waals surface area (Å²) in [6.45, 7) is 2.62. The van der Waals surface area contributed by atoms with Gasteiger partial charge in [0.25, 0.3) is 0 Å². The molecule has 13 nitrogen and oxygen atoms in total. The third-order valence-electron chi connectivity index (χ3n) is 7.39. The Bertz CT molecular complexity index is 1510. The Kier molecular flexibility index (Phi) is 7.15. The number of aromatic nitrogens is 6. The van der Waals surface area contributed by atoms with Crippen LogP contribution in [0.1, 0.15) is 37.4 Å². The second-order valence-corrected chi connectivity index (χ2v) is 9.98. The van der Waals surface area contributed by atoms with E-state index in [2.05, 4.69) is 20.0 Å². The molecular formula is C26H29FN8O5. The minimum atomic E-state index is -0.530. The largest absolute Gasteiger partial charge is 0.485 e. The molecule has 0 bridgehead atoms. The fourth-order valence-electron chi connectivity index (χ4n) is 5.20. The van der Waals surface area contributed by atoms with Gasteiger partial charge in [0.15, 0.2) is 11.5 Å². The summed E-state index contributed by atoms with van der Waals surface area (Å²) in [7, 11) is 1.68. The smallest absolute Gasteiger partial charge is 0.388 e. The van der Waals surface area contributed by atoms with Crippen molar-refractivity contribution < 1.29 is 23.5 Å². The van der Waals surface area contributed by atoms with Crippen molar-refractivity contribution in [1.29, 1.82) is 0 Å². The maximum atomic E-state index is 13.4. The highest BCUT2D eigenvalue weighted by Crippen LogP contribution is 2.35. The number of imidazole rings is 1. The zero-order valence-corrected chi connectivity index (χ0v) is 22.0. The summed E-state index contributed by atoms with van der Waals surface area (Å²) in [5.74, 6) is 1.07. The average Bonchev–Trinajstić information content (AvgIpc) is 3.58. The molecule has 2 aliphatic rings. The van der Waals surface area contributed by atoms with Gasteiger partial charge < -0.3 is 33.8 Å². The number of fused-ring (bicyclic) bond motifs is 1. The summed E-state index contributed by atoms with van der Waals surface area (Å²) < 4.78 is 34.6. The number of nitro groups is 1. The minimum Gasteiger partial charge on any atom is -0.485 e. The molecule has 14 heteroatoms. The molecular weight excluding hydrogens is 523 g/mol. The molecule has 2 fully saturated rings. The summed E-state index contributed by atoms with van der Waals surface area (Å²) >= 11 is 0. The van der Waals surface area contributed by atoms with Crippen molar-refractivity contribution in [3.8, 4) is 11.6 Å². The zero-order chi connectivity index (χ0) is 27.6. The summed E-state index contributed by atoms with van der Waals surface area (Å²) in [6, 6.07) is 3.85. The molecule has 6 rings (SSSR count). The molecule has 1 saturated heterocycles. The maximum Gasteiger partial charge on any atom is 0.388 e. The van der Waals surface area contributed by atoms with Crippen LogP contribution in [0.3, 0.4) is 0 Å². The molecule has 0 amide bonds. The van der Waals surface area contributed by atoms with Crippen LogP contribution in [0, 0.1) is 15.9 Å². The molecule has 0 spiro atoms. The molecule has 0 radical (unpaired) electrons. The van der Waals surface area contributed by atoms with Crippen molar-refractivity contribution >= 4 is 22.5 Å². The van der Waals surface area contributed by atoms with Crippen LogP contribution in [0.2, 0.25) is 0 Å². The van der Waals surface area contributed by atoms with Gasteiger partial charge >= 0.3 is 5.82 Å². The monoisotopic (exact) mass is 552 g/mol. The van der Waals surface area contributed by atoms with Crippen molar-refractivity contribution in [3.63, 3.8) is 0 Å². The Morgan fingerprint density at radius 1 is 1.15 bits per heavy atom. The number of halogens is 1. The molecule has 40 heavy (non-hydrogen) atoms. The number of anilines is 1. The predicted molar refractivity (Wildman–Crippen MR) is 141 cm³/mol. The van der Waals surface area contributed by atoms with E-state index in [1.54, 1.807) is 28.6 Å². The van der Waals surface area contributed by atoms with Gasteiger partial charge in [-0.15, -0.1) is 0 Å². The Hall–Kier alpha value is -4.33. The van der Waals surface area contributed by atoms with Crippen LogP contribution >= 0.6 is 0 Å². The fourth-order valence-corrected chi connectivity index (χ4v) is 5.20. The quantitative estimate of drug-likeness (QED) is 0.236. The highest BCUT2D eigenvalue weighted by Gasteiger charge is 2.26. The van der Waals surface area contributed by atoms with E-state index in [0.717, 1.165) is 31.5 Å². The lowest BCUT2D eigenvalue weighted by molar-refractivity contribution is -0.390. The lowest BCUT2D eigenvalue weighted by atomic mass is 9.93. The number of nitrogens with zero attached hydrogens (tertiary/aromatic N) is 8. The van der Waals surface area contributed by atoms with Gasteiger partial charge in [-0.2, -0.15) is 10.1 Å². The standard InChI is InChI=1S/C26H29FN8O5/c1-32-16-29-25(35(36)37)23(32)15-39-20-10-21-22(28-13-20)11-24(33-6-8-38-9-7-33)31-26(21)40-19-4-2-18(3-5-19)34-14-17(27)12-30-34/h10-14,16,18-19H,2-9,15H2,1H3. The third kappa shape index (κ3) is 5.39. The van der Waals surface area contributed by atoms with E-state index in [4.69, 9.17) is 19.2 Å². The Morgan fingerprint density at radius 3 is 2.67 bits per heavy atom. The molecule has 0 N–H and O–H groups in total. The van der Waals surface area contributed by atoms with Crippen molar-refractivity contribution in [2.45, 2.75) is 44.4 Å². The first-order chi connectivity index (χ1) is 19.4. The van der Waals surface area contributed by atoms with Crippen LogP contribution in [-0.4, -0.2) is 66.6 Å². The van der Waals surface area contributed by atoms with Gasteiger partial charge in [0.1, 0.15) is 24.3 Å². The van der Waals surface area contributed by atoms with Gasteiger partial charge in [-0.05, 0) is 41.7 Å². The number of rotatable bonds is 8. The van der Waals surface area contributed by atoms with E-state index in [0.29, 0.717) is 54.5 Å². The van der Waals surface area contributed by atoms with E-state index in [-0.39, 0.29) is 30.4 Å². The van der Waals surface area contributed by atoms with Crippen molar-refractivity contribution in [3.05, 3.63) is 58.7 Å². The number of hydrogen-bond acceptors (Lipinski definition) is 10. The normalized spacial score (nSPS) is 19.6.